The van der Waals surface area contributed by atoms with Crippen LogP contribution in [0.15, 0.2) is 65.8 Å². The van der Waals surface area contributed by atoms with Crippen molar-refractivity contribution in [2.24, 2.45) is 5.10 Å². The highest BCUT2D eigenvalue weighted by atomic mass is 19.4. The lowest BCUT2D eigenvalue weighted by molar-refractivity contribution is -0.137. The molecule has 0 saturated heterocycles. The minimum Gasteiger partial charge on any atom is -0.318 e. The SMILES string of the molecule is Cc1cc(/C=N/NC(=O)c2cccc(C(F)(F)F)c2)c(C)n1-c1ccccc1. The summed E-state index contributed by atoms with van der Waals surface area (Å²) in [5.74, 6) is -0.709. The molecule has 0 aliphatic heterocycles. The molecule has 0 fully saturated rings. The molecule has 0 saturated carbocycles. The van der Waals surface area contributed by atoms with Crippen LogP contribution in [0.2, 0.25) is 0 Å². The molecule has 0 unspecified atom stereocenters. The van der Waals surface area contributed by atoms with Crippen molar-refractivity contribution in [3.8, 4) is 5.69 Å². The molecule has 0 spiro atoms. The Balaban J connectivity index is 1.76. The van der Waals surface area contributed by atoms with Crippen LogP contribution in [0.25, 0.3) is 5.69 Å². The molecule has 0 radical (unpaired) electrons. The predicted molar refractivity (Wildman–Crippen MR) is 102 cm³/mol. The molecule has 1 amide bonds. The lowest BCUT2D eigenvalue weighted by Gasteiger charge is -2.09. The molecule has 144 valence electrons. The van der Waals surface area contributed by atoms with E-state index in [-0.39, 0.29) is 5.56 Å². The largest absolute Gasteiger partial charge is 0.416 e. The first-order valence-electron chi connectivity index (χ1n) is 8.52. The summed E-state index contributed by atoms with van der Waals surface area (Å²) in [6.07, 6.45) is -3.03. The third-order valence-corrected chi connectivity index (χ3v) is 4.31. The van der Waals surface area contributed by atoms with Crippen LogP contribution in [-0.2, 0) is 6.18 Å². The van der Waals surface area contributed by atoms with E-state index >= 15 is 0 Å². The van der Waals surface area contributed by atoms with E-state index in [1.165, 1.54) is 18.3 Å². The summed E-state index contributed by atoms with van der Waals surface area (Å²) in [7, 11) is 0. The van der Waals surface area contributed by atoms with Crippen LogP contribution in [0.3, 0.4) is 0 Å². The van der Waals surface area contributed by atoms with Crippen molar-refractivity contribution < 1.29 is 18.0 Å². The molecular weight excluding hydrogens is 367 g/mol. The Morgan fingerprint density at radius 2 is 1.75 bits per heavy atom. The van der Waals surface area contributed by atoms with E-state index in [1.54, 1.807) is 0 Å². The third kappa shape index (κ3) is 4.14. The summed E-state index contributed by atoms with van der Waals surface area (Å²) in [5, 5.41) is 3.90. The van der Waals surface area contributed by atoms with Crippen LogP contribution in [0.5, 0.6) is 0 Å². The summed E-state index contributed by atoms with van der Waals surface area (Å²) in [6.45, 7) is 3.88. The standard InChI is InChI=1S/C21H18F3N3O/c1-14-11-17(15(2)27(14)19-9-4-3-5-10-19)13-25-26-20(28)16-7-6-8-18(12-16)21(22,23)24/h3-13H,1-2H3,(H,26,28)/b25-13+. The third-order valence-electron chi connectivity index (χ3n) is 4.31. The lowest BCUT2D eigenvalue weighted by Crippen LogP contribution is -2.18. The van der Waals surface area contributed by atoms with Gasteiger partial charge >= 0.3 is 6.18 Å². The number of benzene rings is 2. The second kappa shape index (κ2) is 7.72. The number of carbonyl (C=O) groups excluding carboxylic acids is 1. The summed E-state index contributed by atoms with van der Waals surface area (Å²) in [4.78, 5) is 12.1. The smallest absolute Gasteiger partial charge is 0.318 e. The monoisotopic (exact) mass is 385 g/mol. The van der Waals surface area contributed by atoms with Gasteiger partial charge in [-0.2, -0.15) is 18.3 Å². The maximum absolute atomic E-state index is 12.8. The number of alkyl halides is 3. The molecule has 28 heavy (non-hydrogen) atoms. The van der Waals surface area contributed by atoms with Gasteiger partial charge in [-0.15, -0.1) is 0 Å². The van der Waals surface area contributed by atoms with Gasteiger partial charge in [-0.25, -0.2) is 5.43 Å². The highest BCUT2D eigenvalue weighted by Gasteiger charge is 2.30. The van der Waals surface area contributed by atoms with Crippen molar-refractivity contribution in [1.82, 2.24) is 9.99 Å². The van der Waals surface area contributed by atoms with E-state index in [0.29, 0.717) is 0 Å². The fraction of sp³-hybridized carbons (Fsp3) is 0.143. The van der Waals surface area contributed by atoms with Crippen molar-refractivity contribution in [1.29, 1.82) is 0 Å². The number of para-hydroxylation sites is 1. The molecule has 0 aliphatic rings. The first kappa shape index (κ1) is 19.4. The predicted octanol–water partition coefficient (Wildman–Crippen LogP) is 4.88. The Morgan fingerprint density at radius 3 is 2.43 bits per heavy atom. The highest BCUT2D eigenvalue weighted by molar-refractivity contribution is 5.95. The maximum Gasteiger partial charge on any atom is 0.416 e. The van der Waals surface area contributed by atoms with Crippen LogP contribution in [0, 0.1) is 13.8 Å². The second-order valence-electron chi connectivity index (χ2n) is 6.28. The first-order chi connectivity index (χ1) is 13.3. The normalized spacial score (nSPS) is 11.8. The highest BCUT2D eigenvalue weighted by Crippen LogP contribution is 2.29. The first-order valence-corrected chi connectivity index (χ1v) is 8.52. The number of halogens is 3. The number of hydrazone groups is 1. The fourth-order valence-electron chi connectivity index (χ4n) is 2.95. The van der Waals surface area contributed by atoms with Crippen molar-refractivity contribution >= 4 is 12.1 Å². The van der Waals surface area contributed by atoms with Gasteiger partial charge in [0.1, 0.15) is 0 Å². The fourth-order valence-corrected chi connectivity index (χ4v) is 2.95. The summed E-state index contributed by atoms with van der Waals surface area (Å²) in [6, 6.07) is 15.9. The van der Waals surface area contributed by atoms with E-state index < -0.39 is 17.6 Å². The zero-order valence-corrected chi connectivity index (χ0v) is 15.3. The number of aryl methyl sites for hydroxylation is 1. The van der Waals surface area contributed by atoms with Gasteiger partial charge in [0.05, 0.1) is 11.8 Å². The molecule has 3 rings (SSSR count). The van der Waals surface area contributed by atoms with Gasteiger partial charge < -0.3 is 4.57 Å². The zero-order chi connectivity index (χ0) is 20.3. The molecule has 1 heterocycles. The van der Waals surface area contributed by atoms with Crippen molar-refractivity contribution in [2.75, 3.05) is 0 Å². The Labute approximate surface area is 160 Å². The molecule has 0 atom stereocenters. The topological polar surface area (TPSA) is 46.4 Å². The summed E-state index contributed by atoms with van der Waals surface area (Å²) < 4.78 is 40.3. The molecule has 0 bridgehead atoms. The number of nitrogens with one attached hydrogen (secondary N) is 1. The Kier molecular flexibility index (Phi) is 5.35. The van der Waals surface area contributed by atoms with E-state index in [1.807, 2.05) is 50.2 Å². The van der Waals surface area contributed by atoms with E-state index in [9.17, 15) is 18.0 Å². The number of carbonyl (C=O) groups is 1. The average molecular weight is 385 g/mol. The molecule has 1 aromatic heterocycles. The van der Waals surface area contributed by atoms with Crippen LogP contribution in [-0.4, -0.2) is 16.7 Å². The molecule has 7 heteroatoms. The van der Waals surface area contributed by atoms with Gasteiger partial charge in [-0.1, -0.05) is 24.3 Å². The van der Waals surface area contributed by atoms with Crippen LogP contribution in [0.4, 0.5) is 13.2 Å². The van der Waals surface area contributed by atoms with E-state index in [4.69, 9.17) is 0 Å². The number of aromatic nitrogens is 1. The van der Waals surface area contributed by atoms with Gasteiger partial charge in [0, 0.05) is 28.2 Å². The van der Waals surface area contributed by atoms with Gasteiger partial charge in [0.2, 0.25) is 0 Å². The molecule has 3 aromatic rings. The number of nitrogens with zero attached hydrogens (tertiary/aromatic N) is 2. The van der Waals surface area contributed by atoms with Crippen molar-refractivity contribution in [3.63, 3.8) is 0 Å². The molecule has 1 N–H and O–H groups in total. The van der Waals surface area contributed by atoms with Crippen molar-refractivity contribution in [3.05, 3.63) is 88.7 Å². The van der Waals surface area contributed by atoms with Gasteiger partial charge in [0.15, 0.2) is 0 Å². The van der Waals surface area contributed by atoms with E-state index in [2.05, 4.69) is 15.1 Å². The molecule has 0 aliphatic carbocycles. The minimum absolute atomic E-state index is 0.110. The van der Waals surface area contributed by atoms with Gasteiger partial charge in [-0.3, -0.25) is 4.79 Å². The Morgan fingerprint density at radius 1 is 1.04 bits per heavy atom. The molecule has 4 nitrogen and oxygen atoms in total. The number of rotatable bonds is 4. The molecular formula is C21H18F3N3O. The Bertz CT molecular complexity index is 1020. The Hall–Kier alpha value is -3.35. The second-order valence-corrected chi connectivity index (χ2v) is 6.28. The average Bonchev–Trinajstić information content (AvgIpc) is 2.95. The van der Waals surface area contributed by atoms with Gasteiger partial charge in [0.25, 0.3) is 5.91 Å². The van der Waals surface area contributed by atoms with Crippen molar-refractivity contribution in [2.45, 2.75) is 20.0 Å². The van der Waals surface area contributed by atoms with Crippen LogP contribution in [0.1, 0.15) is 32.9 Å². The minimum atomic E-state index is -4.51. The summed E-state index contributed by atoms with van der Waals surface area (Å²) in [5.41, 5.74) is 5.01. The number of hydrogen-bond acceptors (Lipinski definition) is 2. The molecule has 2 aromatic carbocycles. The maximum atomic E-state index is 12.8. The van der Waals surface area contributed by atoms with Gasteiger partial charge in [-0.05, 0) is 50.2 Å². The van der Waals surface area contributed by atoms with E-state index in [0.717, 1.165) is 34.8 Å². The van der Waals surface area contributed by atoms with Crippen LogP contribution >= 0.6 is 0 Å². The van der Waals surface area contributed by atoms with Crippen LogP contribution < -0.4 is 5.43 Å². The summed E-state index contributed by atoms with van der Waals surface area (Å²) >= 11 is 0. The quantitative estimate of drug-likeness (QED) is 0.505. The number of hydrogen-bond donors (Lipinski definition) is 1. The number of amides is 1. The lowest BCUT2D eigenvalue weighted by atomic mass is 10.1. The zero-order valence-electron chi connectivity index (χ0n) is 15.3.